The number of carbonyl (C=O) groups excluding carboxylic acids is 5. The smallest absolute Gasteiger partial charge is 0.329 e. The van der Waals surface area contributed by atoms with Gasteiger partial charge < -0.3 is 43.5 Å². The summed E-state index contributed by atoms with van der Waals surface area (Å²) >= 11 is 0. The minimum absolute atomic E-state index is 0.00907. The van der Waals surface area contributed by atoms with Crippen LogP contribution in [-0.4, -0.2) is 128 Å². The fraction of sp³-hybridized carbons (Fsp3) is 0.717. The maximum Gasteiger partial charge on any atom is 0.329 e. The van der Waals surface area contributed by atoms with Gasteiger partial charge in [-0.25, -0.2) is 4.79 Å². The third-order valence-electron chi connectivity index (χ3n) is 14.6. The number of fused-ring (bicyclic) bond motifs is 3. The number of esters is 1. The molecule has 2 saturated heterocycles. The third-order valence-corrected chi connectivity index (χ3v) is 14.6. The number of amides is 1. The van der Waals surface area contributed by atoms with E-state index < -0.39 is 59.6 Å². The van der Waals surface area contributed by atoms with Crippen LogP contribution in [0.25, 0.3) is 0 Å². The summed E-state index contributed by atoms with van der Waals surface area (Å²) in [6.07, 6.45) is 16.8. The van der Waals surface area contributed by atoms with Gasteiger partial charge in [-0.05, 0) is 102 Å². The van der Waals surface area contributed by atoms with Crippen molar-refractivity contribution in [1.82, 2.24) is 4.90 Å². The average Bonchev–Trinajstić information content (AvgIpc) is 3.32. The molecule has 0 radical (unpaired) electrons. The quantitative estimate of drug-likeness (QED) is 0.133. The monoisotopic (exact) mass is 940 g/mol. The molecule has 0 spiro atoms. The van der Waals surface area contributed by atoms with E-state index in [1.807, 2.05) is 71.1 Å². The summed E-state index contributed by atoms with van der Waals surface area (Å²) in [4.78, 5) is 72.1. The molecular weight excluding hydrogens is 859 g/mol. The number of allylic oxidation sites excluding steroid dienone is 7. The second kappa shape index (κ2) is 26.8. The largest absolute Gasteiger partial charge is 0.460 e. The highest BCUT2D eigenvalue weighted by Gasteiger charge is 2.53. The van der Waals surface area contributed by atoms with Gasteiger partial charge in [-0.3, -0.25) is 19.2 Å². The lowest BCUT2D eigenvalue weighted by molar-refractivity contribution is -0.223. The van der Waals surface area contributed by atoms with Crippen LogP contribution in [0.1, 0.15) is 126 Å². The van der Waals surface area contributed by atoms with Crippen LogP contribution < -0.4 is 0 Å². The molecule has 14 heteroatoms. The normalized spacial score (nSPS) is 37.9. The average molecular weight is 940 g/mol. The Bertz CT molecular complexity index is 1830. The molecular formula is C53H81NO13. The lowest BCUT2D eigenvalue weighted by Gasteiger charge is -2.41. The van der Waals surface area contributed by atoms with Gasteiger partial charge in [-0.15, -0.1) is 0 Å². The number of rotatable bonds is 9. The Morgan fingerprint density at radius 1 is 0.866 bits per heavy atom. The predicted molar refractivity (Wildman–Crippen MR) is 254 cm³/mol. The van der Waals surface area contributed by atoms with E-state index in [-0.39, 0.29) is 80.0 Å². The minimum atomic E-state index is -2.48. The van der Waals surface area contributed by atoms with Gasteiger partial charge in [0.05, 0.1) is 37.3 Å². The molecule has 4 rings (SSSR count). The standard InChI is InChI=1S/C53H81NO13/c1-33-18-14-12-11-13-15-19-34(2)48(57)49(64-10)39(7)35(3)28-36(4)43(56)32-46(37(5)29-40-22-24-44(65-27-26-55)47(30-40)63-9)66-52(60)42-20-16-17-25-54(42)51(59)50(58)53(61)38(6)21-23-41(67-53)31-45(33)62-8/h11-14,18,28,31,34,36-40,42,44-47,49,55,61H,15-17,19-27,29-30,32H2,1-10H3/b13-11+,14-12+,33-18+,35-28+,41-31-/t34-,36-,37-,38-,39-,40+,42+,44-,45+,46?,47-,49-,53-/m1/s1. The Hall–Kier alpha value is -3.79. The Balaban J connectivity index is 1.70. The molecule has 376 valence electrons. The Morgan fingerprint density at radius 3 is 2.30 bits per heavy atom. The van der Waals surface area contributed by atoms with E-state index in [0.29, 0.717) is 57.1 Å². The van der Waals surface area contributed by atoms with Crippen LogP contribution >= 0.6 is 0 Å². The van der Waals surface area contributed by atoms with Crippen molar-refractivity contribution >= 4 is 29.2 Å². The SMILES string of the molecule is CO[C@H]1/C=C2/CC[C@@H](C)[C@@](O)(O2)C(=O)C(=O)N2CCCC[C@H]2C(=O)OC([C@H](C)C[C@@H]2CC[C@@H](OCCO)[C@H](OC)C2)CC(=O)[C@H](C)/C=C(\C)[C@@H](C)[C@@H](OC)C(=O)[C@H](C)CC/C=C/C=C/C=C/1C. The summed E-state index contributed by atoms with van der Waals surface area (Å²) in [7, 11) is 4.72. The van der Waals surface area contributed by atoms with E-state index in [9.17, 15) is 34.2 Å². The summed E-state index contributed by atoms with van der Waals surface area (Å²) < 4.78 is 35.6. The second-order valence-electron chi connectivity index (χ2n) is 19.6. The number of hydrogen-bond acceptors (Lipinski definition) is 13. The van der Waals surface area contributed by atoms with Crippen molar-refractivity contribution in [3.05, 3.63) is 59.4 Å². The first kappa shape index (κ1) is 55.8. The summed E-state index contributed by atoms with van der Waals surface area (Å²) in [6.45, 7) is 13.3. The van der Waals surface area contributed by atoms with Crippen molar-refractivity contribution < 1.29 is 62.6 Å². The van der Waals surface area contributed by atoms with Crippen LogP contribution in [0.15, 0.2) is 59.4 Å². The first-order valence-corrected chi connectivity index (χ1v) is 24.6. The van der Waals surface area contributed by atoms with Crippen LogP contribution in [0.4, 0.5) is 0 Å². The van der Waals surface area contributed by atoms with Crippen LogP contribution in [0.3, 0.4) is 0 Å². The van der Waals surface area contributed by atoms with Gasteiger partial charge in [0.1, 0.15) is 24.0 Å². The molecule has 2 N–H and O–H groups in total. The fourth-order valence-corrected chi connectivity index (χ4v) is 9.99. The van der Waals surface area contributed by atoms with Crippen molar-refractivity contribution in [1.29, 1.82) is 0 Å². The number of aliphatic hydroxyl groups is 2. The third kappa shape index (κ3) is 15.1. The molecule has 1 unspecified atom stereocenters. The van der Waals surface area contributed by atoms with E-state index >= 15 is 0 Å². The summed E-state index contributed by atoms with van der Waals surface area (Å²) in [5.41, 5.74) is 1.66. The fourth-order valence-electron chi connectivity index (χ4n) is 9.99. The first-order chi connectivity index (χ1) is 31.9. The van der Waals surface area contributed by atoms with Gasteiger partial charge in [-0.2, -0.15) is 0 Å². The molecule has 0 aromatic heterocycles. The molecule has 14 nitrogen and oxygen atoms in total. The zero-order chi connectivity index (χ0) is 49.4. The van der Waals surface area contributed by atoms with Crippen LogP contribution in [0.5, 0.6) is 0 Å². The topological polar surface area (TPSA) is 184 Å². The van der Waals surface area contributed by atoms with Gasteiger partial charge in [0, 0.05) is 64.4 Å². The zero-order valence-electron chi connectivity index (χ0n) is 41.9. The highest BCUT2D eigenvalue weighted by Crippen LogP contribution is 2.38. The molecule has 13 atom stereocenters. The molecule has 3 fully saturated rings. The number of methoxy groups -OCH3 is 3. The predicted octanol–water partition coefficient (Wildman–Crippen LogP) is 7.35. The van der Waals surface area contributed by atoms with Crippen molar-refractivity contribution in [3.8, 4) is 0 Å². The van der Waals surface area contributed by atoms with E-state index in [1.165, 1.54) is 12.0 Å². The first-order valence-electron chi connectivity index (χ1n) is 24.6. The highest BCUT2D eigenvalue weighted by molar-refractivity contribution is 6.39. The van der Waals surface area contributed by atoms with Crippen molar-refractivity contribution in [2.75, 3.05) is 41.1 Å². The Kier molecular flexibility index (Phi) is 22.3. The molecule has 67 heavy (non-hydrogen) atoms. The number of ether oxygens (including phenoxy) is 6. The van der Waals surface area contributed by atoms with Gasteiger partial charge in [0.25, 0.3) is 17.5 Å². The molecule has 0 aromatic rings. The Labute approximate surface area is 399 Å². The van der Waals surface area contributed by atoms with Gasteiger partial charge >= 0.3 is 5.97 Å². The van der Waals surface area contributed by atoms with E-state index in [4.69, 9.17) is 28.4 Å². The minimum Gasteiger partial charge on any atom is -0.460 e. The van der Waals surface area contributed by atoms with Gasteiger partial charge in [0.15, 0.2) is 5.78 Å². The lowest BCUT2D eigenvalue weighted by Crippen LogP contribution is -2.59. The van der Waals surface area contributed by atoms with Crippen LogP contribution in [0, 0.1) is 35.5 Å². The number of piperidine rings is 1. The molecule has 4 aliphatic rings. The number of hydrogen-bond donors (Lipinski definition) is 2. The maximum absolute atomic E-state index is 14.5. The molecule has 0 aromatic carbocycles. The lowest BCUT2D eigenvalue weighted by atomic mass is 9.78. The number of ketones is 3. The summed E-state index contributed by atoms with van der Waals surface area (Å²) in [5, 5.41) is 21.3. The van der Waals surface area contributed by atoms with E-state index in [2.05, 4.69) is 0 Å². The van der Waals surface area contributed by atoms with Crippen LogP contribution in [0.2, 0.25) is 0 Å². The molecule has 3 aliphatic heterocycles. The molecule has 3 heterocycles. The Morgan fingerprint density at radius 2 is 1.61 bits per heavy atom. The van der Waals surface area contributed by atoms with Crippen molar-refractivity contribution in [3.63, 3.8) is 0 Å². The zero-order valence-corrected chi connectivity index (χ0v) is 41.9. The van der Waals surface area contributed by atoms with E-state index in [0.717, 1.165) is 24.0 Å². The number of cyclic esters (lactones) is 1. The summed E-state index contributed by atoms with van der Waals surface area (Å²) in [6, 6.07) is -1.12. The summed E-state index contributed by atoms with van der Waals surface area (Å²) in [5.74, 6) is -7.28. The number of aliphatic hydroxyl groups excluding tert-OH is 1. The van der Waals surface area contributed by atoms with Gasteiger partial charge in [0.2, 0.25) is 0 Å². The van der Waals surface area contributed by atoms with Crippen molar-refractivity contribution in [2.24, 2.45) is 35.5 Å². The maximum atomic E-state index is 14.5. The van der Waals surface area contributed by atoms with E-state index in [1.54, 1.807) is 34.1 Å². The molecule has 1 amide bonds. The highest BCUT2D eigenvalue weighted by atomic mass is 16.6. The second-order valence-corrected chi connectivity index (χ2v) is 19.6. The van der Waals surface area contributed by atoms with Gasteiger partial charge in [-0.1, -0.05) is 76.6 Å². The number of nitrogens with zero attached hydrogens (tertiary/aromatic N) is 1. The van der Waals surface area contributed by atoms with Crippen molar-refractivity contribution in [2.45, 2.75) is 168 Å². The molecule has 2 bridgehead atoms. The molecule has 1 aliphatic carbocycles. The molecule has 1 saturated carbocycles. The number of Topliss-reactive ketones (excluding diaryl/α,β-unsaturated/α-hetero) is 3. The number of carbonyl (C=O) groups is 5. The van der Waals surface area contributed by atoms with Crippen LogP contribution in [-0.2, 0) is 52.4 Å².